The number of aromatic nitrogens is 2. The second-order valence-corrected chi connectivity index (χ2v) is 10.3. The molecule has 0 saturated carbocycles. The van der Waals surface area contributed by atoms with E-state index in [1.54, 1.807) is 4.31 Å². The first-order valence-corrected chi connectivity index (χ1v) is 12.3. The van der Waals surface area contributed by atoms with Gasteiger partial charge >= 0.3 is 0 Å². The first-order chi connectivity index (χ1) is 14.8. The van der Waals surface area contributed by atoms with Crippen LogP contribution in [0.25, 0.3) is 0 Å². The molecule has 1 N–H and O–H groups in total. The summed E-state index contributed by atoms with van der Waals surface area (Å²) in [6.07, 6.45) is 2.44. The Hall–Kier alpha value is -2.23. The Labute approximate surface area is 184 Å². The van der Waals surface area contributed by atoms with Crippen molar-refractivity contribution in [2.24, 2.45) is 0 Å². The quantitative estimate of drug-likeness (QED) is 0.731. The average Bonchev–Trinajstić information content (AvgIpc) is 3.25. The third-order valence-corrected chi connectivity index (χ3v) is 8.16. The van der Waals surface area contributed by atoms with Crippen LogP contribution in [0, 0.1) is 20.8 Å². The zero-order valence-corrected chi connectivity index (χ0v) is 19.3. The van der Waals surface area contributed by atoms with Gasteiger partial charge in [-0.3, -0.25) is 0 Å². The van der Waals surface area contributed by atoms with Gasteiger partial charge in [-0.1, -0.05) is 17.7 Å². The molecule has 0 amide bonds. The number of aryl methyl sites for hydroxylation is 3. The monoisotopic (exact) mass is 445 g/mol. The molecule has 2 aromatic rings. The molecule has 2 aliphatic heterocycles. The van der Waals surface area contributed by atoms with Crippen molar-refractivity contribution in [3.05, 3.63) is 41.0 Å². The highest BCUT2D eigenvalue weighted by Gasteiger charge is 2.31. The molecule has 8 nitrogen and oxygen atoms in total. The van der Waals surface area contributed by atoms with Gasteiger partial charge in [-0.2, -0.15) is 4.31 Å². The van der Waals surface area contributed by atoms with Crippen LogP contribution in [-0.2, 0) is 14.8 Å². The molecular weight excluding hydrogens is 414 g/mol. The van der Waals surface area contributed by atoms with Gasteiger partial charge in [-0.25, -0.2) is 8.42 Å². The Morgan fingerprint density at radius 2 is 1.77 bits per heavy atom. The first kappa shape index (κ1) is 22.0. The summed E-state index contributed by atoms with van der Waals surface area (Å²) in [6.45, 7) is 9.32. The fraction of sp³-hybridized carbons (Fsp3) is 0.545. The SMILES string of the molecule is Cc1cc(C)c(S(=O)(=O)N2CCN(c3ccc(NCC4CCCO4)nn3)CC2)c(C)c1. The number of anilines is 2. The summed E-state index contributed by atoms with van der Waals surface area (Å²) in [4.78, 5) is 2.52. The molecule has 168 valence electrons. The van der Waals surface area contributed by atoms with Gasteiger partial charge < -0.3 is 15.0 Å². The van der Waals surface area contributed by atoms with E-state index in [2.05, 4.69) is 20.4 Å². The van der Waals surface area contributed by atoms with Crippen molar-refractivity contribution in [1.29, 1.82) is 0 Å². The Morgan fingerprint density at radius 3 is 2.35 bits per heavy atom. The number of nitrogens with zero attached hydrogens (tertiary/aromatic N) is 4. The minimum absolute atomic E-state index is 0.248. The normalized spacial score (nSPS) is 20.2. The highest BCUT2D eigenvalue weighted by molar-refractivity contribution is 7.89. The van der Waals surface area contributed by atoms with Crippen LogP contribution < -0.4 is 10.2 Å². The maximum absolute atomic E-state index is 13.3. The van der Waals surface area contributed by atoms with E-state index >= 15 is 0 Å². The van der Waals surface area contributed by atoms with Crippen molar-refractivity contribution in [3.63, 3.8) is 0 Å². The molecule has 2 fully saturated rings. The van der Waals surface area contributed by atoms with Gasteiger partial charge in [-0.15, -0.1) is 10.2 Å². The molecule has 1 aromatic carbocycles. The summed E-state index contributed by atoms with van der Waals surface area (Å²) < 4.78 is 33.7. The highest BCUT2D eigenvalue weighted by atomic mass is 32.2. The van der Waals surface area contributed by atoms with Crippen LogP contribution in [0.5, 0.6) is 0 Å². The maximum Gasteiger partial charge on any atom is 0.243 e. The van der Waals surface area contributed by atoms with Crippen LogP contribution in [0.4, 0.5) is 11.6 Å². The second kappa shape index (κ2) is 9.10. The second-order valence-electron chi connectivity index (χ2n) is 8.41. The fourth-order valence-corrected chi connectivity index (χ4v) is 6.31. The summed E-state index contributed by atoms with van der Waals surface area (Å²) in [5.74, 6) is 1.49. The number of benzene rings is 1. The number of nitrogens with one attached hydrogen (secondary N) is 1. The fourth-order valence-electron chi connectivity index (χ4n) is 4.47. The Morgan fingerprint density at radius 1 is 1.06 bits per heavy atom. The van der Waals surface area contributed by atoms with Crippen LogP contribution in [0.15, 0.2) is 29.2 Å². The van der Waals surface area contributed by atoms with Gasteiger partial charge in [0.15, 0.2) is 5.82 Å². The smallest absolute Gasteiger partial charge is 0.243 e. The number of hydrogen-bond acceptors (Lipinski definition) is 7. The topological polar surface area (TPSA) is 87.7 Å². The molecule has 0 radical (unpaired) electrons. The largest absolute Gasteiger partial charge is 0.376 e. The summed E-state index contributed by atoms with van der Waals surface area (Å²) >= 11 is 0. The predicted molar refractivity (Wildman–Crippen MR) is 121 cm³/mol. The van der Waals surface area contributed by atoms with Crippen LogP contribution >= 0.6 is 0 Å². The van der Waals surface area contributed by atoms with Crippen molar-refractivity contribution < 1.29 is 13.2 Å². The average molecular weight is 446 g/mol. The molecule has 2 aliphatic rings. The van der Waals surface area contributed by atoms with E-state index in [1.807, 2.05) is 45.0 Å². The summed E-state index contributed by atoms with van der Waals surface area (Å²) in [5.41, 5.74) is 2.68. The molecule has 9 heteroatoms. The van der Waals surface area contributed by atoms with Crippen LogP contribution in [0.1, 0.15) is 29.5 Å². The Balaban J connectivity index is 1.37. The van der Waals surface area contributed by atoms with E-state index in [4.69, 9.17) is 4.74 Å². The lowest BCUT2D eigenvalue weighted by molar-refractivity contribution is 0.120. The zero-order valence-electron chi connectivity index (χ0n) is 18.5. The molecule has 0 aliphatic carbocycles. The molecule has 1 unspecified atom stereocenters. The van der Waals surface area contributed by atoms with Gasteiger partial charge in [0.1, 0.15) is 5.82 Å². The van der Waals surface area contributed by atoms with Crippen molar-refractivity contribution in [2.75, 3.05) is 49.5 Å². The van der Waals surface area contributed by atoms with Gasteiger partial charge in [-0.05, 0) is 56.9 Å². The number of rotatable bonds is 6. The highest BCUT2D eigenvalue weighted by Crippen LogP contribution is 2.26. The third kappa shape index (κ3) is 4.83. The molecule has 0 bridgehead atoms. The summed E-state index contributed by atoms with van der Waals surface area (Å²) in [6, 6.07) is 7.71. The van der Waals surface area contributed by atoms with E-state index in [1.165, 1.54) is 0 Å². The number of piperazine rings is 1. The zero-order chi connectivity index (χ0) is 22.0. The van der Waals surface area contributed by atoms with Crippen molar-refractivity contribution in [3.8, 4) is 0 Å². The minimum atomic E-state index is -3.52. The van der Waals surface area contributed by atoms with E-state index in [0.717, 1.165) is 54.3 Å². The van der Waals surface area contributed by atoms with Gasteiger partial charge in [0.25, 0.3) is 0 Å². The minimum Gasteiger partial charge on any atom is -0.376 e. The first-order valence-electron chi connectivity index (χ1n) is 10.9. The lowest BCUT2D eigenvalue weighted by atomic mass is 10.1. The Bertz CT molecular complexity index is 989. The number of sulfonamides is 1. The standard InChI is InChI=1S/C22H31N5O3S/c1-16-13-17(2)22(18(3)14-16)31(28,29)27-10-8-26(9-11-27)21-7-6-20(24-25-21)23-15-19-5-4-12-30-19/h6-7,13-14,19H,4-5,8-12,15H2,1-3H3,(H,23,24). The van der Waals surface area contributed by atoms with Crippen LogP contribution in [-0.4, -0.2) is 68.4 Å². The maximum atomic E-state index is 13.3. The Kier molecular flexibility index (Phi) is 6.45. The molecule has 2 saturated heterocycles. The summed E-state index contributed by atoms with van der Waals surface area (Å²) in [5, 5.41) is 11.9. The summed E-state index contributed by atoms with van der Waals surface area (Å²) in [7, 11) is -3.52. The van der Waals surface area contributed by atoms with Gasteiger partial charge in [0.05, 0.1) is 11.0 Å². The number of hydrogen-bond donors (Lipinski definition) is 1. The lowest BCUT2D eigenvalue weighted by Gasteiger charge is -2.35. The van der Waals surface area contributed by atoms with Crippen molar-refractivity contribution in [1.82, 2.24) is 14.5 Å². The van der Waals surface area contributed by atoms with E-state index in [0.29, 0.717) is 31.1 Å². The molecule has 1 atom stereocenters. The van der Waals surface area contributed by atoms with Crippen molar-refractivity contribution in [2.45, 2.75) is 44.6 Å². The van der Waals surface area contributed by atoms with Crippen molar-refractivity contribution >= 4 is 21.7 Å². The molecular formula is C22H31N5O3S. The molecule has 31 heavy (non-hydrogen) atoms. The molecule has 1 aromatic heterocycles. The molecule has 3 heterocycles. The van der Waals surface area contributed by atoms with E-state index in [-0.39, 0.29) is 6.10 Å². The lowest BCUT2D eigenvalue weighted by Crippen LogP contribution is -2.49. The van der Waals surface area contributed by atoms with Gasteiger partial charge in [0.2, 0.25) is 10.0 Å². The third-order valence-electron chi connectivity index (χ3n) is 5.95. The van der Waals surface area contributed by atoms with Gasteiger partial charge in [0, 0.05) is 39.3 Å². The number of ether oxygens (including phenoxy) is 1. The van der Waals surface area contributed by atoms with Crippen LogP contribution in [0.3, 0.4) is 0 Å². The molecule has 0 spiro atoms. The van der Waals surface area contributed by atoms with E-state index < -0.39 is 10.0 Å². The molecule has 4 rings (SSSR count). The predicted octanol–water partition coefficient (Wildman–Crippen LogP) is 2.50. The van der Waals surface area contributed by atoms with Crippen LogP contribution in [0.2, 0.25) is 0 Å². The van der Waals surface area contributed by atoms with E-state index in [9.17, 15) is 8.42 Å².